The Morgan fingerprint density at radius 1 is 1.25 bits per heavy atom. The van der Waals surface area contributed by atoms with E-state index in [4.69, 9.17) is 11.6 Å². The van der Waals surface area contributed by atoms with E-state index in [-0.39, 0.29) is 16.7 Å². The van der Waals surface area contributed by atoms with Crippen LogP contribution >= 0.6 is 11.6 Å². The van der Waals surface area contributed by atoms with Crippen molar-refractivity contribution in [3.8, 4) is 0 Å². The molecular formula is C17H17ClN2O3S. The maximum absolute atomic E-state index is 12.6. The van der Waals surface area contributed by atoms with Crippen molar-refractivity contribution in [3.05, 3.63) is 58.6 Å². The summed E-state index contributed by atoms with van der Waals surface area (Å²) in [5.41, 5.74) is 2.40. The van der Waals surface area contributed by atoms with E-state index in [0.29, 0.717) is 23.8 Å². The predicted molar refractivity (Wildman–Crippen MR) is 94.1 cm³/mol. The minimum absolute atomic E-state index is 0.175. The molecule has 0 spiro atoms. The number of nitrogens with one attached hydrogen (secondary N) is 2. The molecule has 0 aromatic heterocycles. The summed E-state index contributed by atoms with van der Waals surface area (Å²) in [5, 5.41) is 6.65. The molecule has 0 bridgehead atoms. The summed E-state index contributed by atoms with van der Waals surface area (Å²) in [4.78, 5) is 12.8. The first kappa shape index (κ1) is 17.0. The lowest BCUT2D eigenvalue weighted by Crippen LogP contribution is -2.35. The van der Waals surface area contributed by atoms with Crippen LogP contribution in [0.15, 0.2) is 47.4 Å². The van der Waals surface area contributed by atoms with E-state index < -0.39 is 9.84 Å². The summed E-state index contributed by atoms with van der Waals surface area (Å²) >= 11 is 6.01. The summed E-state index contributed by atoms with van der Waals surface area (Å²) in [6.45, 7) is 1.19. The van der Waals surface area contributed by atoms with Gasteiger partial charge in [0.25, 0.3) is 0 Å². The Bertz CT molecular complexity index is 896. The fourth-order valence-electron chi connectivity index (χ4n) is 2.80. The van der Waals surface area contributed by atoms with Crippen molar-refractivity contribution < 1.29 is 13.2 Å². The van der Waals surface area contributed by atoms with Gasteiger partial charge in [-0.05, 0) is 41.5 Å². The quantitative estimate of drug-likeness (QED) is 0.877. The van der Waals surface area contributed by atoms with Gasteiger partial charge in [-0.15, -0.1) is 0 Å². The van der Waals surface area contributed by atoms with Gasteiger partial charge in [0.15, 0.2) is 9.84 Å². The maximum Gasteiger partial charge on any atom is 0.233 e. The molecule has 0 radical (unpaired) electrons. The second kappa shape index (κ2) is 6.55. The van der Waals surface area contributed by atoms with Crippen LogP contribution in [0.1, 0.15) is 17.0 Å². The highest BCUT2D eigenvalue weighted by Crippen LogP contribution is 2.28. The first-order chi connectivity index (χ1) is 11.3. The zero-order valence-electron chi connectivity index (χ0n) is 13.0. The Morgan fingerprint density at radius 2 is 2.04 bits per heavy atom. The van der Waals surface area contributed by atoms with Crippen LogP contribution < -0.4 is 10.6 Å². The number of carbonyl (C=O) groups is 1. The van der Waals surface area contributed by atoms with Crippen molar-refractivity contribution >= 4 is 33.0 Å². The van der Waals surface area contributed by atoms with Crippen LogP contribution in [0.3, 0.4) is 0 Å². The molecule has 2 aromatic carbocycles. The smallest absolute Gasteiger partial charge is 0.233 e. The molecule has 7 heteroatoms. The molecule has 0 aliphatic carbocycles. The van der Waals surface area contributed by atoms with E-state index in [0.717, 1.165) is 17.4 Å². The topological polar surface area (TPSA) is 75.3 Å². The second-order valence-corrected chi connectivity index (χ2v) is 8.27. The van der Waals surface area contributed by atoms with E-state index in [9.17, 15) is 13.2 Å². The Balaban J connectivity index is 1.84. The second-order valence-electron chi connectivity index (χ2n) is 5.82. The highest BCUT2D eigenvalue weighted by molar-refractivity contribution is 7.90. The number of sulfone groups is 1. The third-order valence-electron chi connectivity index (χ3n) is 3.99. The molecule has 1 heterocycles. The Hall–Kier alpha value is -1.89. The fraction of sp³-hybridized carbons (Fsp3) is 0.235. The van der Waals surface area contributed by atoms with Crippen molar-refractivity contribution in [2.75, 3.05) is 18.1 Å². The van der Waals surface area contributed by atoms with Crippen LogP contribution in [0.2, 0.25) is 5.02 Å². The molecule has 1 aliphatic heterocycles. The molecule has 126 valence electrons. The van der Waals surface area contributed by atoms with Crippen molar-refractivity contribution in [1.29, 1.82) is 0 Å². The molecule has 1 amide bonds. The number of halogens is 1. The lowest BCUT2D eigenvalue weighted by Gasteiger charge is -2.26. The highest BCUT2D eigenvalue weighted by Gasteiger charge is 2.26. The third-order valence-corrected chi connectivity index (χ3v) is 5.34. The number of anilines is 1. The number of hydrogen-bond acceptors (Lipinski definition) is 4. The van der Waals surface area contributed by atoms with Gasteiger partial charge < -0.3 is 10.6 Å². The molecule has 1 atom stereocenters. The summed E-state index contributed by atoms with van der Waals surface area (Å²) in [5.74, 6) is -0.538. The molecule has 1 unspecified atom stereocenters. The summed E-state index contributed by atoms with van der Waals surface area (Å²) in [6, 6.07) is 11.8. The Labute approximate surface area is 145 Å². The van der Waals surface area contributed by atoms with E-state index >= 15 is 0 Å². The largest absolute Gasteiger partial charge is 0.325 e. The molecule has 2 N–H and O–H groups in total. The molecule has 5 nitrogen and oxygen atoms in total. The third kappa shape index (κ3) is 3.61. The number of benzene rings is 2. The minimum Gasteiger partial charge on any atom is -0.325 e. The monoisotopic (exact) mass is 364 g/mol. The van der Waals surface area contributed by atoms with E-state index in [2.05, 4.69) is 10.6 Å². The summed E-state index contributed by atoms with van der Waals surface area (Å²) < 4.78 is 23.3. The average Bonchev–Trinajstić information content (AvgIpc) is 2.53. The van der Waals surface area contributed by atoms with Crippen molar-refractivity contribution in [2.45, 2.75) is 17.4 Å². The van der Waals surface area contributed by atoms with E-state index in [1.807, 2.05) is 12.1 Å². The molecule has 0 saturated heterocycles. The van der Waals surface area contributed by atoms with Gasteiger partial charge in [-0.25, -0.2) is 8.42 Å². The van der Waals surface area contributed by atoms with Gasteiger partial charge in [-0.2, -0.15) is 0 Å². The first-order valence-electron chi connectivity index (χ1n) is 7.44. The normalized spacial score (nSPS) is 17.2. The van der Waals surface area contributed by atoms with Crippen LogP contribution in [-0.2, 0) is 21.2 Å². The number of carbonyl (C=O) groups excluding carboxylic acids is 1. The van der Waals surface area contributed by atoms with E-state index in [1.165, 1.54) is 12.1 Å². The van der Waals surface area contributed by atoms with Gasteiger partial charge in [-0.3, -0.25) is 4.79 Å². The molecule has 0 fully saturated rings. The Kier molecular flexibility index (Phi) is 4.62. The standard InChI is InChI=1S/C17H17ClN2O3S/c1-24(22,23)14-4-2-3-13(8-14)20-17(21)16-10-19-9-11-7-12(18)5-6-15(11)16/h2-8,16,19H,9-10H2,1H3,(H,20,21). The average molecular weight is 365 g/mol. The molecule has 3 rings (SSSR count). The zero-order chi connectivity index (χ0) is 17.3. The summed E-state index contributed by atoms with van der Waals surface area (Å²) in [7, 11) is -3.32. The fourth-order valence-corrected chi connectivity index (χ4v) is 3.66. The van der Waals surface area contributed by atoms with Gasteiger partial charge in [-0.1, -0.05) is 23.7 Å². The zero-order valence-corrected chi connectivity index (χ0v) is 14.6. The minimum atomic E-state index is -3.32. The van der Waals surface area contributed by atoms with Crippen LogP contribution in [0.25, 0.3) is 0 Å². The van der Waals surface area contributed by atoms with Crippen molar-refractivity contribution in [3.63, 3.8) is 0 Å². The van der Waals surface area contributed by atoms with Gasteiger partial charge in [0.1, 0.15) is 0 Å². The molecule has 1 aliphatic rings. The molecule has 0 saturated carbocycles. The van der Waals surface area contributed by atoms with Gasteiger partial charge in [0.05, 0.1) is 10.8 Å². The highest BCUT2D eigenvalue weighted by atomic mass is 35.5. The Morgan fingerprint density at radius 3 is 2.79 bits per heavy atom. The first-order valence-corrected chi connectivity index (χ1v) is 9.71. The maximum atomic E-state index is 12.6. The van der Waals surface area contributed by atoms with Gasteiger partial charge in [0.2, 0.25) is 5.91 Å². The van der Waals surface area contributed by atoms with Crippen LogP contribution in [0.4, 0.5) is 5.69 Å². The SMILES string of the molecule is CS(=O)(=O)c1cccc(NC(=O)C2CNCc3cc(Cl)ccc32)c1. The number of hydrogen-bond donors (Lipinski definition) is 2. The lowest BCUT2D eigenvalue weighted by molar-refractivity contribution is -0.117. The van der Waals surface area contributed by atoms with Gasteiger partial charge >= 0.3 is 0 Å². The predicted octanol–water partition coefficient (Wildman–Crippen LogP) is 2.57. The summed E-state index contributed by atoms with van der Waals surface area (Å²) in [6.07, 6.45) is 1.14. The number of amides is 1. The number of rotatable bonds is 3. The van der Waals surface area contributed by atoms with Crippen molar-refractivity contribution in [1.82, 2.24) is 5.32 Å². The van der Waals surface area contributed by atoms with E-state index in [1.54, 1.807) is 18.2 Å². The number of fused-ring (bicyclic) bond motifs is 1. The van der Waals surface area contributed by atoms with Crippen LogP contribution in [-0.4, -0.2) is 27.1 Å². The van der Waals surface area contributed by atoms with Crippen LogP contribution in [0, 0.1) is 0 Å². The molecule has 2 aromatic rings. The van der Waals surface area contributed by atoms with Gasteiger partial charge in [0, 0.05) is 30.1 Å². The molecular weight excluding hydrogens is 348 g/mol. The molecule has 24 heavy (non-hydrogen) atoms. The van der Waals surface area contributed by atoms with Crippen molar-refractivity contribution in [2.24, 2.45) is 0 Å². The lowest BCUT2D eigenvalue weighted by atomic mass is 9.90. The van der Waals surface area contributed by atoms with Crippen LogP contribution in [0.5, 0.6) is 0 Å².